The normalized spacial score (nSPS) is 17.6. The first-order valence-corrected chi connectivity index (χ1v) is 38.2. The van der Waals surface area contributed by atoms with Crippen LogP contribution in [0.4, 0.5) is 18.8 Å². The van der Waals surface area contributed by atoms with Crippen molar-refractivity contribution < 1.29 is 65.5 Å². The van der Waals surface area contributed by atoms with Crippen LogP contribution in [0.5, 0.6) is 11.5 Å². The van der Waals surface area contributed by atoms with Crippen molar-refractivity contribution >= 4 is 106 Å². The van der Waals surface area contributed by atoms with Crippen molar-refractivity contribution in [1.29, 1.82) is 0 Å². The Balaban J connectivity index is 0.000000162. The van der Waals surface area contributed by atoms with Gasteiger partial charge < -0.3 is 20.3 Å². The van der Waals surface area contributed by atoms with Crippen molar-refractivity contribution in [2.24, 2.45) is 5.73 Å². The van der Waals surface area contributed by atoms with E-state index in [4.69, 9.17) is 28.4 Å². The van der Waals surface area contributed by atoms with Crippen LogP contribution in [0.2, 0.25) is 0 Å². The summed E-state index contributed by atoms with van der Waals surface area (Å²) in [5.41, 5.74) is 5.58. The average Bonchev–Trinajstić information content (AvgIpc) is 1.40. The third-order valence-corrected chi connectivity index (χ3v) is 29.0. The Kier molecular flexibility index (Phi) is 22.2. The highest BCUT2D eigenvalue weighted by molar-refractivity contribution is 8.01. The van der Waals surface area contributed by atoms with Gasteiger partial charge in [-0.15, -0.1) is 34.0 Å². The molecule has 0 spiro atoms. The van der Waals surface area contributed by atoms with E-state index in [2.05, 4.69) is 9.69 Å². The van der Waals surface area contributed by atoms with E-state index >= 15 is 0 Å². The lowest BCUT2D eigenvalue weighted by Gasteiger charge is -2.24. The number of nitrogens with zero attached hydrogens (tertiary/aromatic N) is 5. The molecule has 3 atom stereocenters. The number of halogens is 2. The molecule has 11 rings (SSSR count). The van der Waals surface area contributed by atoms with Crippen LogP contribution >= 0.6 is 45.8 Å². The van der Waals surface area contributed by atoms with Gasteiger partial charge in [0.2, 0.25) is 59.7 Å². The number of sulfone groups is 2. The molecule has 0 radical (unpaired) electrons. The van der Waals surface area contributed by atoms with E-state index in [1.165, 1.54) is 145 Å². The SMILES string of the molecule is NCc1ccc(S(=O)(=O)c2cccc(S(=O)(=O)N3CCC[C@H]3COc3ccc(F)cc3)c2)s1.[C-]#[N+]c1ccc(S(=O)(=O)c2cccc(S(=O)(=O)N3CCC[C@H]3COc3ccc(F)cc3)c2)s1.[C-]#[N+]c1ccc(Sc2cccc(S(=O)(=O)N3CCC[C@H]3CO)c2)s1. The lowest BCUT2D eigenvalue weighted by atomic mass is 10.2. The van der Waals surface area contributed by atoms with Gasteiger partial charge in [0.1, 0.15) is 44.8 Å². The quantitative estimate of drug-likeness (QED) is 0.0673. The van der Waals surface area contributed by atoms with Gasteiger partial charge >= 0.3 is 0 Å². The van der Waals surface area contributed by atoms with Crippen LogP contribution in [-0.2, 0) is 56.3 Å². The predicted molar refractivity (Wildman–Crippen MR) is 339 cm³/mol. The summed E-state index contributed by atoms with van der Waals surface area (Å²) in [5, 5.41) is 10.2. The Morgan fingerprint density at radius 2 is 0.922 bits per heavy atom. The van der Waals surface area contributed by atoms with Gasteiger partial charge in [-0.25, -0.2) is 60.6 Å². The topological polar surface area (TPSA) is 254 Å². The van der Waals surface area contributed by atoms with Crippen molar-refractivity contribution in [3.05, 3.63) is 197 Å². The number of benzene rings is 5. The number of hydrogen-bond acceptors (Lipinski definition) is 18. The molecule has 474 valence electrons. The van der Waals surface area contributed by atoms with Crippen molar-refractivity contribution in [3.63, 3.8) is 0 Å². The highest BCUT2D eigenvalue weighted by Crippen LogP contribution is 2.39. The highest BCUT2D eigenvalue weighted by atomic mass is 32.2. The van der Waals surface area contributed by atoms with Crippen molar-refractivity contribution in [1.82, 2.24) is 12.9 Å². The molecule has 30 heteroatoms. The largest absolute Gasteiger partial charge is 0.492 e. The zero-order valence-corrected chi connectivity index (χ0v) is 54.9. The minimum absolute atomic E-state index is 0.0187. The number of sulfonamides is 3. The number of ether oxygens (including phenoxy) is 2. The fourth-order valence-corrected chi connectivity index (χ4v) is 22.5. The van der Waals surface area contributed by atoms with E-state index in [0.29, 0.717) is 61.7 Å². The second-order valence-electron chi connectivity index (χ2n) is 20.3. The molecule has 19 nitrogen and oxygen atoms in total. The molecule has 0 amide bonds. The molecule has 0 saturated carbocycles. The minimum atomic E-state index is -3.98. The molecule has 3 saturated heterocycles. The average molecular weight is 1400 g/mol. The third-order valence-electron chi connectivity index (χ3n) is 14.5. The molecule has 0 aliphatic carbocycles. The second-order valence-corrected chi connectivity index (χ2v) is 35.0. The maximum Gasteiger partial charge on any atom is 0.243 e. The van der Waals surface area contributed by atoms with Gasteiger partial charge in [0, 0.05) is 42.0 Å². The predicted octanol–water partition coefficient (Wildman–Crippen LogP) is 11.5. The number of thiophene rings is 3. The van der Waals surface area contributed by atoms with Crippen LogP contribution in [0.1, 0.15) is 43.4 Å². The second kappa shape index (κ2) is 29.4. The number of nitrogens with two attached hydrogens (primary N) is 1. The molecule has 0 bridgehead atoms. The summed E-state index contributed by atoms with van der Waals surface area (Å²) in [5.74, 6) is 0.101. The zero-order chi connectivity index (χ0) is 64.4. The van der Waals surface area contributed by atoms with E-state index in [1.54, 1.807) is 30.3 Å². The molecule has 90 heavy (non-hydrogen) atoms. The minimum Gasteiger partial charge on any atom is -0.492 e. The summed E-state index contributed by atoms with van der Waals surface area (Å²) in [6.07, 6.45) is 3.96. The van der Waals surface area contributed by atoms with Gasteiger partial charge in [-0.2, -0.15) is 12.9 Å². The molecule has 0 unspecified atom stereocenters. The van der Waals surface area contributed by atoms with Crippen LogP contribution in [0.25, 0.3) is 9.69 Å². The number of aliphatic hydroxyl groups is 1. The number of hydrogen-bond donors (Lipinski definition) is 2. The molecule has 3 aliphatic rings. The van der Waals surface area contributed by atoms with Crippen LogP contribution < -0.4 is 15.2 Å². The summed E-state index contributed by atoms with van der Waals surface area (Å²) < 4.78 is 174. The zero-order valence-electron chi connectivity index (χ0n) is 47.5. The summed E-state index contributed by atoms with van der Waals surface area (Å²) >= 11 is 4.74. The molecule has 5 aromatic carbocycles. The Morgan fingerprint density at radius 1 is 0.511 bits per heavy atom. The van der Waals surface area contributed by atoms with Gasteiger partial charge in [0.25, 0.3) is 0 Å². The summed E-state index contributed by atoms with van der Waals surface area (Å²) in [7, 11) is -19.4. The van der Waals surface area contributed by atoms with E-state index < -0.39 is 67.6 Å². The van der Waals surface area contributed by atoms with Crippen LogP contribution in [0, 0.1) is 24.8 Å². The molecule has 3 aliphatic heterocycles. The molecule has 3 aromatic heterocycles. The van der Waals surface area contributed by atoms with Gasteiger partial charge in [0.15, 0.2) is 0 Å². The van der Waals surface area contributed by atoms with Gasteiger partial charge in [0.05, 0.1) is 60.5 Å². The van der Waals surface area contributed by atoms with Gasteiger partial charge in [-0.1, -0.05) is 30.0 Å². The van der Waals surface area contributed by atoms with Crippen molar-refractivity contribution in [3.8, 4) is 11.5 Å². The molecule has 6 heterocycles. The number of aliphatic hydroxyl groups excluding tert-OH is 1. The maximum atomic E-state index is 13.4. The van der Waals surface area contributed by atoms with Gasteiger partial charge in [-0.3, -0.25) is 0 Å². The van der Waals surface area contributed by atoms with Gasteiger partial charge in [-0.05, 0) is 178 Å². The Labute approximate surface area is 538 Å². The molecule has 3 N–H and O–H groups in total. The van der Waals surface area contributed by atoms with E-state index in [1.807, 2.05) is 12.1 Å². The first-order valence-electron chi connectivity index (χ1n) is 27.6. The lowest BCUT2D eigenvalue weighted by Crippen LogP contribution is -2.39. The van der Waals surface area contributed by atoms with Crippen molar-refractivity contribution in [2.75, 3.05) is 39.5 Å². The first-order chi connectivity index (χ1) is 43.0. The van der Waals surface area contributed by atoms with Crippen molar-refractivity contribution in [2.45, 2.75) is 105 Å². The van der Waals surface area contributed by atoms with Crippen LogP contribution in [0.3, 0.4) is 0 Å². The summed E-state index contributed by atoms with van der Waals surface area (Å²) in [4.78, 5) is 7.94. The molecular formula is C60H58F2N6O13S9. The van der Waals surface area contributed by atoms with E-state index in [9.17, 15) is 56.0 Å². The van der Waals surface area contributed by atoms with Crippen LogP contribution in [-0.4, -0.2) is 118 Å². The van der Waals surface area contributed by atoms with Crippen LogP contribution in [0.15, 0.2) is 200 Å². The third kappa shape index (κ3) is 15.9. The summed E-state index contributed by atoms with van der Waals surface area (Å²) in [6.45, 7) is 15.4. The standard InChI is InChI=1S/C22H19FN2O5S3.C22H23FN2O5S3.C16H16N2O3S3/c1-24-21-11-12-22(31-21)32(26,27)19-5-2-6-20(14-19)33(28,29)25-13-3-4-17(25)15-30-18-9-7-16(23)8-10-18;23-16-6-8-18(9-7-16)30-15-17-3-2-12-25(17)33(28,29)21-5-1-4-20(13-21)32(26,27)22-11-10-19(14-24)31-22;1-17-15-7-8-16(23-15)22-13-5-2-6-14(10-13)24(20,21)18-9-3-4-12(18)11-19/h2,5-12,14,17H,3-4,13,15H2;1,4-11,13,17H,2-3,12,14-15,24H2;2,5-8,10,12,19H,3-4,9,11H2/t2*17-;12-/m000/s1. The van der Waals surface area contributed by atoms with E-state index in [0.717, 1.165) is 49.1 Å². The molecular weight excluding hydrogens is 1340 g/mol. The Hall–Kier alpha value is -6.46. The lowest BCUT2D eigenvalue weighted by molar-refractivity contribution is 0.213. The fourth-order valence-electron chi connectivity index (χ4n) is 9.95. The van der Waals surface area contributed by atoms with E-state index in [-0.39, 0.29) is 82.7 Å². The molecule has 3 fully saturated rings. The smallest absolute Gasteiger partial charge is 0.243 e. The fraction of sp³-hybridized carbons (Fsp3) is 0.267. The highest BCUT2D eigenvalue weighted by Gasteiger charge is 2.39. The monoisotopic (exact) mass is 1400 g/mol. The first kappa shape index (κ1) is 67.9. The Bertz CT molecular complexity index is 4520. The molecule has 8 aromatic rings. The number of rotatable bonds is 20. The maximum absolute atomic E-state index is 13.4. The summed E-state index contributed by atoms with van der Waals surface area (Å²) in [6, 6.07) is 36.8. The Morgan fingerprint density at radius 3 is 1.37 bits per heavy atom.